The molecule has 0 spiro atoms. The first-order valence-electron chi connectivity index (χ1n) is 7.04. The molecule has 1 aromatic heterocycles. The number of thioether (sulfide) groups is 1. The van der Waals surface area contributed by atoms with Crippen LogP contribution in [0.2, 0.25) is 0 Å². The van der Waals surface area contributed by atoms with E-state index in [0.717, 1.165) is 43.1 Å². The topological polar surface area (TPSA) is 42.4 Å². The molecule has 1 aromatic rings. The predicted molar refractivity (Wildman–Crippen MR) is 84.3 cm³/mol. The van der Waals surface area contributed by atoms with Crippen molar-refractivity contribution in [3.8, 4) is 0 Å². The number of aryl methyl sites for hydroxylation is 1. The lowest BCUT2D eigenvalue weighted by molar-refractivity contribution is -0.141. The van der Waals surface area contributed by atoms with E-state index in [1.807, 2.05) is 11.8 Å². The highest BCUT2D eigenvalue weighted by Crippen LogP contribution is 2.22. The van der Waals surface area contributed by atoms with Crippen molar-refractivity contribution >= 4 is 29.1 Å². The van der Waals surface area contributed by atoms with Gasteiger partial charge in [-0.25, -0.2) is 4.98 Å². The summed E-state index contributed by atoms with van der Waals surface area (Å²) in [6, 6.07) is 0.275. The Morgan fingerprint density at radius 1 is 1.60 bits per heavy atom. The van der Waals surface area contributed by atoms with E-state index in [9.17, 15) is 4.79 Å². The number of rotatable bonds is 6. The summed E-state index contributed by atoms with van der Waals surface area (Å²) in [7, 11) is 1.46. The number of methoxy groups -OCH3 is 1. The standard InChI is InChI=1S/C14H22N2O2S2/c1-3-4-13-15-11(9-20-13)8-16-5-6-19-10-12(16)7-14(17)18-2/h9,12H,3-8,10H2,1-2H3/t12-/m1/s1. The zero-order valence-corrected chi connectivity index (χ0v) is 13.8. The van der Waals surface area contributed by atoms with Crippen LogP contribution in [-0.2, 0) is 22.5 Å². The van der Waals surface area contributed by atoms with E-state index in [-0.39, 0.29) is 12.0 Å². The fourth-order valence-electron chi connectivity index (χ4n) is 2.32. The largest absolute Gasteiger partial charge is 0.469 e. The van der Waals surface area contributed by atoms with Crippen molar-refractivity contribution in [2.75, 3.05) is 25.2 Å². The zero-order valence-electron chi connectivity index (χ0n) is 12.1. The van der Waals surface area contributed by atoms with Crippen LogP contribution in [-0.4, -0.2) is 47.1 Å². The molecule has 1 aliphatic heterocycles. The maximum Gasteiger partial charge on any atom is 0.307 e. The molecule has 4 nitrogen and oxygen atoms in total. The molecule has 0 unspecified atom stereocenters. The second-order valence-electron chi connectivity index (χ2n) is 4.96. The van der Waals surface area contributed by atoms with Crippen LogP contribution in [0.4, 0.5) is 0 Å². The van der Waals surface area contributed by atoms with Crippen LogP contribution in [0.15, 0.2) is 5.38 Å². The number of esters is 1. The van der Waals surface area contributed by atoms with Crippen LogP contribution in [0.1, 0.15) is 30.5 Å². The summed E-state index contributed by atoms with van der Waals surface area (Å²) in [5.74, 6) is 2.01. The molecule has 0 aliphatic carbocycles. The third-order valence-electron chi connectivity index (χ3n) is 3.41. The highest BCUT2D eigenvalue weighted by molar-refractivity contribution is 7.99. The van der Waals surface area contributed by atoms with E-state index in [2.05, 4.69) is 22.2 Å². The average molecular weight is 314 g/mol. The van der Waals surface area contributed by atoms with E-state index in [4.69, 9.17) is 4.74 Å². The minimum absolute atomic E-state index is 0.118. The Bertz CT molecular complexity index is 437. The first kappa shape index (κ1) is 15.8. The van der Waals surface area contributed by atoms with E-state index >= 15 is 0 Å². The van der Waals surface area contributed by atoms with Crippen LogP contribution < -0.4 is 0 Å². The van der Waals surface area contributed by atoms with Gasteiger partial charge in [-0.1, -0.05) is 6.92 Å². The summed E-state index contributed by atoms with van der Waals surface area (Å²) >= 11 is 3.66. The van der Waals surface area contributed by atoms with Crippen molar-refractivity contribution in [1.29, 1.82) is 0 Å². The van der Waals surface area contributed by atoms with Gasteiger partial charge in [-0.15, -0.1) is 11.3 Å². The Morgan fingerprint density at radius 3 is 3.20 bits per heavy atom. The highest BCUT2D eigenvalue weighted by Gasteiger charge is 2.26. The molecule has 0 aromatic carbocycles. The summed E-state index contributed by atoms with van der Waals surface area (Å²) in [6.45, 7) is 4.05. The summed E-state index contributed by atoms with van der Waals surface area (Å²) in [4.78, 5) is 18.6. The van der Waals surface area contributed by atoms with Crippen LogP contribution in [0.25, 0.3) is 0 Å². The number of nitrogens with zero attached hydrogens (tertiary/aromatic N) is 2. The Balaban J connectivity index is 1.95. The Kier molecular flexibility index (Phi) is 6.32. The molecule has 6 heteroatoms. The number of thiazole rings is 1. The molecule has 1 fully saturated rings. The lowest BCUT2D eigenvalue weighted by Crippen LogP contribution is -2.43. The molecule has 112 valence electrons. The molecule has 1 saturated heterocycles. The third-order valence-corrected chi connectivity index (χ3v) is 5.46. The Labute approximate surface area is 128 Å². The molecular formula is C14H22N2O2S2. The molecular weight excluding hydrogens is 292 g/mol. The van der Waals surface area contributed by atoms with Gasteiger partial charge in [0.15, 0.2) is 0 Å². The maximum absolute atomic E-state index is 11.5. The summed E-state index contributed by atoms with van der Waals surface area (Å²) in [5, 5.41) is 3.38. The summed E-state index contributed by atoms with van der Waals surface area (Å²) in [6.07, 6.45) is 2.68. The second kappa shape index (κ2) is 8.00. The number of hydrogen-bond donors (Lipinski definition) is 0. The van der Waals surface area contributed by atoms with Crippen LogP contribution in [0.5, 0.6) is 0 Å². The molecule has 0 saturated carbocycles. The highest BCUT2D eigenvalue weighted by atomic mass is 32.2. The van der Waals surface area contributed by atoms with Gasteiger partial charge in [-0.05, 0) is 12.8 Å². The lowest BCUT2D eigenvalue weighted by atomic mass is 10.2. The van der Waals surface area contributed by atoms with Crippen molar-refractivity contribution < 1.29 is 9.53 Å². The molecule has 0 radical (unpaired) electrons. The van der Waals surface area contributed by atoms with Gasteiger partial charge >= 0.3 is 5.97 Å². The molecule has 0 bridgehead atoms. The monoisotopic (exact) mass is 314 g/mol. The predicted octanol–water partition coefficient (Wildman–Crippen LogP) is 2.58. The van der Waals surface area contributed by atoms with Gasteiger partial charge < -0.3 is 4.74 Å². The first-order chi connectivity index (χ1) is 9.72. The smallest absolute Gasteiger partial charge is 0.307 e. The quantitative estimate of drug-likeness (QED) is 0.755. The maximum atomic E-state index is 11.5. The van der Waals surface area contributed by atoms with E-state index in [0.29, 0.717) is 6.42 Å². The van der Waals surface area contributed by atoms with Crippen LogP contribution in [0, 0.1) is 0 Å². The number of carbonyl (C=O) groups is 1. The van der Waals surface area contributed by atoms with Gasteiger partial charge in [0.1, 0.15) is 0 Å². The third kappa shape index (κ3) is 4.46. The molecule has 2 rings (SSSR count). The SMILES string of the molecule is CCCc1nc(CN2CCSC[C@H]2CC(=O)OC)cs1. The van der Waals surface area contributed by atoms with Crippen molar-refractivity contribution in [2.24, 2.45) is 0 Å². The Hall–Kier alpha value is -0.590. The lowest BCUT2D eigenvalue weighted by Gasteiger charge is -2.34. The van der Waals surface area contributed by atoms with Gasteiger partial charge in [-0.3, -0.25) is 9.69 Å². The van der Waals surface area contributed by atoms with Crippen molar-refractivity contribution in [2.45, 2.75) is 38.8 Å². The molecule has 1 aliphatic rings. The van der Waals surface area contributed by atoms with Gasteiger partial charge in [0.2, 0.25) is 0 Å². The number of aromatic nitrogens is 1. The van der Waals surface area contributed by atoms with Gasteiger partial charge in [0.05, 0.1) is 24.2 Å². The number of carbonyl (C=O) groups excluding carboxylic acids is 1. The minimum Gasteiger partial charge on any atom is -0.469 e. The molecule has 2 heterocycles. The van der Waals surface area contributed by atoms with Crippen LogP contribution >= 0.6 is 23.1 Å². The fraction of sp³-hybridized carbons (Fsp3) is 0.714. The zero-order chi connectivity index (χ0) is 14.4. The number of hydrogen-bond acceptors (Lipinski definition) is 6. The summed E-state index contributed by atoms with van der Waals surface area (Å²) < 4.78 is 4.80. The molecule has 1 atom stereocenters. The molecule has 20 heavy (non-hydrogen) atoms. The van der Waals surface area contributed by atoms with Crippen molar-refractivity contribution in [3.63, 3.8) is 0 Å². The van der Waals surface area contributed by atoms with E-state index in [1.54, 1.807) is 11.3 Å². The molecule has 0 amide bonds. The van der Waals surface area contributed by atoms with Crippen molar-refractivity contribution in [3.05, 3.63) is 16.1 Å². The first-order valence-corrected chi connectivity index (χ1v) is 9.08. The van der Waals surface area contributed by atoms with Gasteiger partial charge in [-0.2, -0.15) is 11.8 Å². The fourth-order valence-corrected chi connectivity index (χ4v) is 4.34. The van der Waals surface area contributed by atoms with E-state index in [1.165, 1.54) is 12.1 Å². The summed E-state index contributed by atoms with van der Waals surface area (Å²) in [5.41, 5.74) is 1.14. The van der Waals surface area contributed by atoms with Crippen molar-refractivity contribution in [1.82, 2.24) is 9.88 Å². The second-order valence-corrected chi connectivity index (χ2v) is 7.05. The number of ether oxygens (including phenoxy) is 1. The minimum atomic E-state index is -0.118. The van der Waals surface area contributed by atoms with Gasteiger partial charge in [0, 0.05) is 36.0 Å². The average Bonchev–Trinajstić information content (AvgIpc) is 2.88. The van der Waals surface area contributed by atoms with Gasteiger partial charge in [0.25, 0.3) is 0 Å². The Morgan fingerprint density at radius 2 is 2.45 bits per heavy atom. The normalized spacial score (nSPS) is 20.0. The molecule has 0 N–H and O–H groups in total. The van der Waals surface area contributed by atoms with Crippen LogP contribution in [0.3, 0.4) is 0 Å². The van der Waals surface area contributed by atoms with E-state index < -0.39 is 0 Å².